The first-order valence-electron chi connectivity index (χ1n) is 21.7. The lowest BCUT2D eigenvalue weighted by atomic mass is 9.88. The van der Waals surface area contributed by atoms with Crippen molar-refractivity contribution in [3.63, 3.8) is 0 Å². The summed E-state index contributed by atoms with van der Waals surface area (Å²) >= 11 is 0. The zero-order valence-electron chi connectivity index (χ0n) is 35.7. The molecule has 4 atom stereocenters. The zero-order valence-corrected chi connectivity index (χ0v) is 35.7. The summed E-state index contributed by atoms with van der Waals surface area (Å²) in [5, 5.41) is 2.85. The highest BCUT2D eigenvalue weighted by Gasteiger charge is 2.35. The van der Waals surface area contributed by atoms with Gasteiger partial charge in [-0.1, -0.05) is 90.2 Å². The van der Waals surface area contributed by atoms with Crippen molar-refractivity contribution >= 4 is 29.2 Å². The molecule has 12 nitrogen and oxygen atoms in total. The molecule has 0 unspecified atom stereocenters. The lowest BCUT2D eigenvalue weighted by Crippen LogP contribution is -2.45. The Kier molecular flexibility index (Phi) is 21.7. The summed E-state index contributed by atoms with van der Waals surface area (Å²) < 4.78 is 12.2. The van der Waals surface area contributed by atoms with Crippen LogP contribution in [0.3, 0.4) is 0 Å². The first kappa shape index (κ1) is 48.2. The number of ketones is 3. The van der Waals surface area contributed by atoms with Crippen molar-refractivity contribution in [3.05, 3.63) is 47.5 Å². The minimum Gasteiger partial charge on any atom is -0.492 e. The van der Waals surface area contributed by atoms with Crippen LogP contribution in [0.1, 0.15) is 134 Å². The van der Waals surface area contributed by atoms with Crippen LogP contribution >= 0.6 is 0 Å². The third-order valence-electron chi connectivity index (χ3n) is 11.0. The summed E-state index contributed by atoms with van der Waals surface area (Å²) in [4.78, 5) is 69.9. The van der Waals surface area contributed by atoms with Crippen LogP contribution in [0, 0.1) is 11.8 Å². The Labute approximate surface area is 346 Å². The molecule has 0 spiro atoms. The molecule has 4 bridgehead atoms. The van der Waals surface area contributed by atoms with Gasteiger partial charge in [-0.15, -0.1) is 0 Å². The van der Waals surface area contributed by atoms with Crippen LogP contribution in [0.25, 0.3) is 11.1 Å². The number of carbonyl (C=O) groups is 5. The number of nitrogens with zero attached hydrogens (tertiary/aromatic N) is 1. The van der Waals surface area contributed by atoms with Gasteiger partial charge in [-0.3, -0.25) is 24.0 Å². The van der Waals surface area contributed by atoms with E-state index in [0.29, 0.717) is 34.6 Å². The van der Waals surface area contributed by atoms with Gasteiger partial charge in [0.15, 0.2) is 11.6 Å². The number of amides is 2. The van der Waals surface area contributed by atoms with Crippen LogP contribution in [0.2, 0.25) is 0 Å². The number of carbonyl (C=O) groups excluding carboxylic acids is 5. The van der Waals surface area contributed by atoms with Crippen molar-refractivity contribution < 1.29 is 33.4 Å². The predicted octanol–water partition coefficient (Wildman–Crippen LogP) is 6.38. The molecule has 0 fully saturated rings. The number of Topliss-reactive ketones (excluding diaryl/α,β-unsaturated/α-hetero) is 3. The molecule has 0 saturated carbocycles. The quantitative estimate of drug-likeness (QED) is 0.0818. The molecule has 0 radical (unpaired) electrons. The van der Waals surface area contributed by atoms with Crippen molar-refractivity contribution in [1.82, 2.24) is 10.2 Å². The summed E-state index contributed by atoms with van der Waals surface area (Å²) in [5.74, 6) is -1.94. The number of likely N-dealkylation sites (N-methyl/N-ethyl adjacent to an activating group) is 1. The van der Waals surface area contributed by atoms with Crippen molar-refractivity contribution in [2.45, 2.75) is 136 Å². The lowest BCUT2D eigenvalue weighted by Gasteiger charge is -2.32. The molecule has 1 aliphatic rings. The first-order valence-corrected chi connectivity index (χ1v) is 21.7. The number of unbranched alkanes of at least 4 members (excludes halogenated alkanes) is 10. The smallest absolute Gasteiger partial charge is 0.226 e. The standard InChI is InChI=1S/C46H71N5O7/c1-5-6-7-8-9-10-11-12-13-14-15-16-37(53)30-36(21-22-47)46(56)51(4)44-35-18-20-43(58-26-24-49)39(31-35)38-28-34(17-19-42(38)57-25-23-48)29-40(33(3)52)50-45(55)32(2)27-41(44)54/h17-20,28,31-32,36,40,44H,5-16,21-27,29-30,47-49H2,1-4H3,(H,50,55)/t32-,36-,40+,44+/m1/s1. The molecule has 2 amide bonds. The predicted molar refractivity (Wildman–Crippen MR) is 229 cm³/mol. The number of fused-ring (bicyclic) bond motifs is 5. The molecule has 0 aromatic heterocycles. The van der Waals surface area contributed by atoms with Crippen LogP contribution in [0.15, 0.2) is 36.4 Å². The van der Waals surface area contributed by atoms with Crippen molar-refractivity contribution in [1.29, 1.82) is 0 Å². The van der Waals surface area contributed by atoms with E-state index in [2.05, 4.69) is 12.2 Å². The maximum Gasteiger partial charge on any atom is 0.226 e. The highest BCUT2D eigenvalue weighted by Crippen LogP contribution is 2.41. The van der Waals surface area contributed by atoms with E-state index < -0.39 is 29.8 Å². The number of ether oxygens (including phenoxy) is 2. The molecule has 322 valence electrons. The zero-order chi connectivity index (χ0) is 42.5. The number of rotatable bonds is 25. The number of hydrogen-bond donors (Lipinski definition) is 4. The van der Waals surface area contributed by atoms with Gasteiger partial charge in [-0.25, -0.2) is 0 Å². The fourth-order valence-electron chi connectivity index (χ4n) is 7.70. The molecule has 0 aliphatic carbocycles. The second kappa shape index (κ2) is 26.1. The Morgan fingerprint density at radius 2 is 1.36 bits per heavy atom. The van der Waals surface area contributed by atoms with E-state index in [1.807, 2.05) is 12.1 Å². The summed E-state index contributed by atoms with van der Waals surface area (Å²) in [7, 11) is 1.57. The van der Waals surface area contributed by atoms with Gasteiger partial charge in [-0.05, 0) is 68.1 Å². The number of nitrogens with two attached hydrogens (primary N) is 3. The van der Waals surface area contributed by atoms with Gasteiger partial charge in [0.2, 0.25) is 11.8 Å². The monoisotopic (exact) mass is 806 g/mol. The lowest BCUT2D eigenvalue weighted by molar-refractivity contribution is -0.143. The minimum atomic E-state index is -1.12. The molecule has 1 heterocycles. The summed E-state index contributed by atoms with van der Waals surface area (Å²) in [6.07, 6.45) is 13.7. The fraction of sp³-hybridized carbons (Fsp3) is 0.630. The molecule has 3 rings (SSSR count). The van der Waals surface area contributed by atoms with Crippen molar-refractivity contribution in [3.8, 4) is 22.6 Å². The number of hydrogen-bond acceptors (Lipinski definition) is 10. The molecular weight excluding hydrogens is 735 g/mol. The van der Waals surface area contributed by atoms with E-state index in [4.69, 9.17) is 26.7 Å². The highest BCUT2D eigenvalue weighted by molar-refractivity contribution is 5.96. The number of benzene rings is 2. The molecule has 58 heavy (non-hydrogen) atoms. The van der Waals surface area contributed by atoms with Crippen LogP contribution in [0.4, 0.5) is 0 Å². The summed E-state index contributed by atoms with van der Waals surface area (Å²) in [5.41, 5.74) is 20.1. The Morgan fingerprint density at radius 1 is 0.793 bits per heavy atom. The average Bonchev–Trinajstić information content (AvgIpc) is 3.20. The molecular formula is C46H71N5O7. The summed E-state index contributed by atoms with van der Waals surface area (Å²) in [6, 6.07) is 8.84. The van der Waals surface area contributed by atoms with Gasteiger partial charge in [0.1, 0.15) is 36.5 Å². The molecule has 12 heteroatoms. The fourth-order valence-corrected chi connectivity index (χ4v) is 7.70. The van der Waals surface area contributed by atoms with Crippen LogP contribution in [-0.2, 0) is 30.4 Å². The van der Waals surface area contributed by atoms with E-state index in [1.54, 1.807) is 38.2 Å². The Bertz CT molecular complexity index is 1630. The number of nitrogens with one attached hydrogen (secondary N) is 1. The normalized spacial score (nSPS) is 17.5. The largest absolute Gasteiger partial charge is 0.492 e. The van der Waals surface area contributed by atoms with Crippen LogP contribution < -0.4 is 32.0 Å². The van der Waals surface area contributed by atoms with Gasteiger partial charge in [-0.2, -0.15) is 0 Å². The minimum absolute atomic E-state index is 0.00681. The van der Waals surface area contributed by atoms with E-state index >= 15 is 0 Å². The maximum absolute atomic E-state index is 14.5. The molecule has 7 N–H and O–H groups in total. The molecule has 2 aromatic carbocycles. The van der Waals surface area contributed by atoms with Crippen LogP contribution in [-0.4, -0.2) is 80.0 Å². The third kappa shape index (κ3) is 15.2. The van der Waals surface area contributed by atoms with Gasteiger partial charge in [0.05, 0.1) is 6.04 Å². The Hall–Kier alpha value is -4.13. The summed E-state index contributed by atoms with van der Waals surface area (Å²) in [6.45, 7) is 6.46. The van der Waals surface area contributed by atoms with Crippen molar-refractivity contribution in [2.24, 2.45) is 29.0 Å². The van der Waals surface area contributed by atoms with E-state index in [0.717, 1.165) is 24.8 Å². The first-order chi connectivity index (χ1) is 27.9. The van der Waals surface area contributed by atoms with E-state index in [-0.39, 0.29) is 81.8 Å². The highest BCUT2D eigenvalue weighted by atomic mass is 16.5. The topological polar surface area (TPSA) is 197 Å². The van der Waals surface area contributed by atoms with Crippen molar-refractivity contribution in [2.75, 3.05) is 39.9 Å². The third-order valence-corrected chi connectivity index (χ3v) is 11.0. The second-order valence-electron chi connectivity index (χ2n) is 16.0. The maximum atomic E-state index is 14.5. The Morgan fingerprint density at radius 3 is 1.93 bits per heavy atom. The molecule has 0 saturated heterocycles. The van der Waals surface area contributed by atoms with Gasteiger partial charge >= 0.3 is 0 Å². The SMILES string of the molecule is CCCCCCCCCCCCCC(=O)C[C@@H](CCN)C(=O)N(C)[C@@H]1C(=O)C[C@@H](C)C(=O)N[C@H](C(C)=O)Cc2ccc(OCCN)c(c2)-c2cc1ccc2OCCN. The average molecular weight is 806 g/mol. The van der Waals surface area contributed by atoms with E-state index in [9.17, 15) is 24.0 Å². The Balaban J connectivity index is 1.94. The van der Waals surface area contributed by atoms with Crippen LogP contribution in [0.5, 0.6) is 11.5 Å². The van der Waals surface area contributed by atoms with Gasteiger partial charge in [0, 0.05) is 62.4 Å². The van der Waals surface area contributed by atoms with Gasteiger partial charge in [0.25, 0.3) is 0 Å². The van der Waals surface area contributed by atoms with Gasteiger partial charge < -0.3 is 36.9 Å². The molecule has 1 aliphatic heterocycles. The second-order valence-corrected chi connectivity index (χ2v) is 16.0. The van der Waals surface area contributed by atoms with E-state index in [1.165, 1.54) is 63.2 Å². The molecule has 2 aromatic rings.